The Hall–Kier alpha value is -1.80. The van der Waals surface area contributed by atoms with Crippen molar-refractivity contribution in [2.75, 3.05) is 19.8 Å². The highest BCUT2D eigenvalue weighted by molar-refractivity contribution is 7.47. The van der Waals surface area contributed by atoms with Gasteiger partial charge >= 0.3 is 7.82 Å². The van der Waals surface area contributed by atoms with Crippen LogP contribution < -0.4 is 11.1 Å². The van der Waals surface area contributed by atoms with Crippen LogP contribution in [0.5, 0.6) is 0 Å². The normalized spacial score (nSPS) is 14.5. The first-order valence-corrected chi connectivity index (χ1v) is 24.9. The summed E-state index contributed by atoms with van der Waals surface area (Å²) in [5.41, 5.74) is 5.37. The number of amides is 1. The second-order valence-corrected chi connectivity index (χ2v) is 17.0. The summed E-state index contributed by atoms with van der Waals surface area (Å²) in [5, 5.41) is 13.7. The first kappa shape index (κ1) is 55.2. The summed E-state index contributed by atoms with van der Waals surface area (Å²) in [7, 11) is -4.35. The van der Waals surface area contributed by atoms with Crippen molar-refractivity contribution in [3.05, 3.63) is 60.8 Å². The van der Waals surface area contributed by atoms with E-state index in [1.807, 2.05) is 6.08 Å². The summed E-state index contributed by atoms with van der Waals surface area (Å²) in [6, 6.07) is -0.886. The van der Waals surface area contributed by atoms with Crippen molar-refractivity contribution in [2.45, 2.75) is 219 Å². The summed E-state index contributed by atoms with van der Waals surface area (Å²) >= 11 is 0. The van der Waals surface area contributed by atoms with Crippen LogP contribution >= 0.6 is 7.82 Å². The lowest BCUT2D eigenvalue weighted by atomic mass is 10.0. The number of hydrogen-bond acceptors (Lipinski definition) is 6. The Labute approximate surface area is 351 Å². The molecule has 0 fully saturated rings. The number of rotatable bonds is 43. The third-order valence-electron chi connectivity index (χ3n) is 10.0. The molecule has 0 bridgehead atoms. The number of nitrogens with one attached hydrogen (secondary N) is 1. The highest BCUT2D eigenvalue weighted by Gasteiger charge is 2.26. The van der Waals surface area contributed by atoms with Gasteiger partial charge in [-0.15, -0.1) is 0 Å². The average Bonchev–Trinajstić information content (AvgIpc) is 3.20. The van der Waals surface area contributed by atoms with E-state index in [0.717, 1.165) is 51.4 Å². The maximum absolute atomic E-state index is 12.8. The molecule has 0 saturated carbocycles. The van der Waals surface area contributed by atoms with Gasteiger partial charge in [-0.25, -0.2) is 4.57 Å². The van der Waals surface area contributed by atoms with E-state index >= 15 is 0 Å². The van der Waals surface area contributed by atoms with E-state index in [0.29, 0.717) is 6.42 Å². The lowest BCUT2D eigenvalue weighted by Gasteiger charge is -2.23. The zero-order chi connectivity index (χ0) is 41.8. The Morgan fingerprint density at radius 3 is 1.46 bits per heavy atom. The van der Waals surface area contributed by atoms with Gasteiger partial charge in [0.15, 0.2) is 0 Å². The zero-order valence-electron chi connectivity index (χ0n) is 36.8. The minimum Gasteiger partial charge on any atom is -0.387 e. The molecule has 0 aliphatic heterocycles. The Bertz CT molecular complexity index is 1080. The van der Waals surface area contributed by atoms with E-state index in [4.69, 9.17) is 14.8 Å². The lowest BCUT2D eigenvalue weighted by molar-refractivity contribution is -0.123. The van der Waals surface area contributed by atoms with Gasteiger partial charge in [-0.2, -0.15) is 0 Å². The van der Waals surface area contributed by atoms with Gasteiger partial charge in [0.05, 0.1) is 25.4 Å². The summed E-state index contributed by atoms with van der Waals surface area (Å²) in [6.07, 6.45) is 55.6. The fraction of sp³-hybridized carbons (Fsp3) is 0.771. The second-order valence-electron chi connectivity index (χ2n) is 15.6. The number of carbonyl (C=O) groups is 1. The van der Waals surface area contributed by atoms with Crippen LogP contribution in [0.25, 0.3) is 0 Å². The molecule has 0 rings (SSSR count). The van der Waals surface area contributed by atoms with Crippen LogP contribution in [-0.4, -0.2) is 47.8 Å². The van der Waals surface area contributed by atoms with E-state index in [1.165, 1.54) is 135 Å². The van der Waals surface area contributed by atoms with Crippen LogP contribution in [0.4, 0.5) is 0 Å². The third-order valence-corrected chi connectivity index (χ3v) is 11.0. The molecular formula is C48H89N2O6P. The van der Waals surface area contributed by atoms with E-state index in [9.17, 15) is 19.4 Å². The highest BCUT2D eigenvalue weighted by Crippen LogP contribution is 2.43. The smallest absolute Gasteiger partial charge is 0.387 e. The summed E-state index contributed by atoms with van der Waals surface area (Å²) in [6.45, 7) is 4.08. The molecule has 0 radical (unpaired) electrons. The molecule has 8 nitrogen and oxygen atoms in total. The van der Waals surface area contributed by atoms with Crippen LogP contribution in [0.3, 0.4) is 0 Å². The largest absolute Gasteiger partial charge is 0.472 e. The number of phosphoric acid groups is 1. The predicted molar refractivity (Wildman–Crippen MR) is 244 cm³/mol. The third kappa shape index (κ3) is 42.1. The van der Waals surface area contributed by atoms with E-state index in [2.05, 4.69) is 67.8 Å². The molecular weight excluding hydrogens is 732 g/mol. The second kappa shape index (κ2) is 43.8. The van der Waals surface area contributed by atoms with Crippen molar-refractivity contribution in [1.82, 2.24) is 5.32 Å². The van der Waals surface area contributed by atoms with E-state index in [-0.39, 0.29) is 25.7 Å². The summed E-state index contributed by atoms with van der Waals surface area (Å²) < 4.78 is 22.1. The Morgan fingerprint density at radius 1 is 0.579 bits per heavy atom. The minimum atomic E-state index is -4.35. The molecule has 0 saturated heterocycles. The lowest BCUT2D eigenvalue weighted by Crippen LogP contribution is -2.45. The molecule has 332 valence electrons. The molecule has 0 aromatic carbocycles. The quantitative estimate of drug-likeness (QED) is 0.0274. The monoisotopic (exact) mass is 821 g/mol. The van der Waals surface area contributed by atoms with Gasteiger partial charge < -0.3 is 21.1 Å². The van der Waals surface area contributed by atoms with Crippen molar-refractivity contribution in [1.29, 1.82) is 0 Å². The standard InChI is InChI=1S/C48H89N2O6P/c1-3-5-7-9-11-13-15-17-19-20-21-22-23-24-25-26-28-30-32-34-36-38-40-42-48(52)50-46(45-56-57(53,54)55-44-43-49)47(51)41-39-37-35-33-31-29-27-18-16-14-12-10-8-6-4-2/h15-18,20-21,31,33,39,41,46-47,51H,3-14,19,22-30,32,34-38,40,42-45,49H2,1-2H3,(H,50,52)(H,53,54)/b17-15-,18-16+,21-20-,33-31+,41-39+. The van der Waals surface area contributed by atoms with Gasteiger partial charge in [0.2, 0.25) is 5.91 Å². The number of phosphoric ester groups is 1. The molecule has 0 heterocycles. The summed E-state index contributed by atoms with van der Waals surface area (Å²) in [4.78, 5) is 22.7. The van der Waals surface area contributed by atoms with Gasteiger partial charge in [-0.1, -0.05) is 184 Å². The fourth-order valence-corrected chi connectivity index (χ4v) is 7.25. The van der Waals surface area contributed by atoms with Crippen molar-refractivity contribution in [3.63, 3.8) is 0 Å². The van der Waals surface area contributed by atoms with Crippen molar-refractivity contribution in [3.8, 4) is 0 Å². The van der Waals surface area contributed by atoms with Crippen molar-refractivity contribution in [2.24, 2.45) is 5.73 Å². The zero-order valence-corrected chi connectivity index (χ0v) is 37.7. The molecule has 0 aliphatic carbocycles. The number of aliphatic hydroxyl groups excluding tert-OH is 1. The number of aliphatic hydroxyl groups is 1. The Morgan fingerprint density at radius 2 is 0.982 bits per heavy atom. The topological polar surface area (TPSA) is 131 Å². The average molecular weight is 821 g/mol. The maximum atomic E-state index is 12.8. The predicted octanol–water partition coefficient (Wildman–Crippen LogP) is 13.4. The SMILES string of the molecule is CCCCCCC/C=C\C/C=C\CCCCCCCCCCCCCC(=O)NC(COP(=O)(O)OCCN)C(O)/C=C/CC/C=C/CC/C=C/CCCCCCC. The molecule has 0 aliphatic rings. The Kier molecular flexibility index (Phi) is 42.4. The van der Waals surface area contributed by atoms with Crippen LogP contribution in [-0.2, 0) is 18.4 Å². The Balaban J connectivity index is 4.18. The highest BCUT2D eigenvalue weighted by atomic mass is 31.2. The van der Waals surface area contributed by atoms with Crippen LogP contribution in [0, 0.1) is 0 Å². The van der Waals surface area contributed by atoms with Gasteiger partial charge in [0.1, 0.15) is 0 Å². The minimum absolute atomic E-state index is 0.0695. The number of nitrogens with two attached hydrogens (primary N) is 1. The molecule has 57 heavy (non-hydrogen) atoms. The molecule has 9 heteroatoms. The number of carbonyl (C=O) groups excluding carboxylic acids is 1. The van der Waals surface area contributed by atoms with Crippen LogP contribution in [0.15, 0.2) is 60.8 Å². The van der Waals surface area contributed by atoms with Gasteiger partial charge in [0.25, 0.3) is 0 Å². The van der Waals surface area contributed by atoms with Crippen molar-refractivity contribution < 1.29 is 28.4 Å². The van der Waals surface area contributed by atoms with Gasteiger partial charge in [0, 0.05) is 13.0 Å². The first-order valence-electron chi connectivity index (χ1n) is 23.4. The van der Waals surface area contributed by atoms with Crippen LogP contribution in [0.1, 0.15) is 206 Å². The maximum Gasteiger partial charge on any atom is 0.472 e. The molecule has 0 aromatic heterocycles. The van der Waals surface area contributed by atoms with E-state index < -0.39 is 20.0 Å². The van der Waals surface area contributed by atoms with E-state index in [1.54, 1.807) is 6.08 Å². The van der Waals surface area contributed by atoms with Gasteiger partial charge in [-0.3, -0.25) is 13.8 Å². The van der Waals surface area contributed by atoms with Gasteiger partial charge in [-0.05, 0) is 77.0 Å². The fourth-order valence-electron chi connectivity index (χ4n) is 6.49. The molecule has 0 aromatic rings. The van der Waals surface area contributed by atoms with Crippen LogP contribution in [0.2, 0.25) is 0 Å². The molecule has 3 unspecified atom stereocenters. The first-order chi connectivity index (χ1) is 27.9. The molecule has 3 atom stereocenters. The van der Waals surface area contributed by atoms with Crippen molar-refractivity contribution >= 4 is 13.7 Å². The number of allylic oxidation sites excluding steroid dienone is 9. The number of hydrogen-bond donors (Lipinski definition) is 4. The number of unbranched alkanes of at least 4 members (excludes halogenated alkanes) is 23. The molecule has 5 N–H and O–H groups in total. The summed E-state index contributed by atoms with van der Waals surface area (Å²) in [5.74, 6) is -0.212. The molecule has 0 spiro atoms. The molecule has 1 amide bonds.